The van der Waals surface area contributed by atoms with Gasteiger partial charge in [0.15, 0.2) is 0 Å². The molecule has 0 bridgehead atoms. The zero-order valence-electron chi connectivity index (χ0n) is 13.1. The molecule has 2 atom stereocenters. The summed E-state index contributed by atoms with van der Waals surface area (Å²) in [6.07, 6.45) is 1.26. The molecule has 3 heteroatoms. The highest BCUT2D eigenvalue weighted by Gasteiger charge is 2.24. The Labute approximate surface area is 123 Å². The van der Waals surface area contributed by atoms with Gasteiger partial charge < -0.3 is 10.5 Å². The van der Waals surface area contributed by atoms with Crippen molar-refractivity contribution in [2.24, 2.45) is 17.6 Å². The zero-order chi connectivity index (χ0) is 14.5. The number of nitrogens with two attached hydrogens (primary N) is 1. The van der Waals surface area contributed by atoms with Gasteiger partial charge in [-0.3, -0.25) is 4.90 Å². The third kappa shape index (κ3) is 3.97. The number of hydrogen-bond donors (Lipinski definition) is 1. The van der Waals surface area contributed by atoms with Crippen LogP contribution in [0.3, 0.4) is 0 Å². The maximum Gasteiger partial charge on any atom is 0.122 e. The third-order valence-electron chi connectivity index (χ3n) is 4.51. The third-order valence-corrected chi connectivity index (χ3v) is 4.51. The van der Waals surface area contributed by atoms with Crippen LogP contribution in [0.4, 0.5) is 0 Å². The van der Waals surface area contributed by atoms with Crippen LogP contribution in [0.15, 0.2) is 18.2 Å². The molecule has 3 nitrogen and oxygen atoms in total. The lowest BCUT2D eigenvalue weighted by molar-refractivity contribution is 0.114. The van der Waals surface area contributed by atoms with Gasteiger partial charge in [-0.25, -0.2) is 0 Å². The molecule has 0 aromatic heterocycles. The summed E-state index contributed by atoms with van der Waals surface area (Å²) in [5.74, 6) is 2.42. The number of ether oxygens (including phenoxy) is 1. The highest BCUT2D eigenvalue weighted by Crippen LogP contribution is 2.22. The van der Waals surface area contributed by atoms with Gasteiger partial charge >= 0.3 is 0 Å². The van der Waals surface area contributed by atoms with Crippen LogP contribution in [0, 0.1) is 25.7 Å². The van der Waals surface area contributed by atoms with Crippen LogP contribution in [0.2, 0.25) is 0 Å². The van der Waals surface area contributed by atoms with Crippen molar-refractivity contribution < 1.29 is 4.74 Å². The smallest absolute Gasteiger partial charge is 0.122 e. The lowest BCUT2D eigenvalue weighted by atomic mass is 9.87. The first-order valence-electron chi connectivity index (χ1n) is 7.72. The van der Waals surface area contributed by atoms with E-state index in [0.717, 1.165) is 37.9 Å². The van der Waals surface area contributed by atoms with E-state index in [1.807, 2.05) is 0 Å². The van der Waals surface area contributed by atoms with Crippen molar-refractivity contribution in [1.82, 2.24) is 4.90 Å². The number of rotatable bonds is 5. The summed E-state index contributed by atoms with van der Waals surface area (Å²) >= 11 is 0. The Morgan fingerprint density at radius 2 is 2.15 bits per heavy atom. The van der Waals surface area contributed by atoms with Crippen LogP contribution >= 0.6 is 0 Å². The number of hydrogen-bond acceptors (Lipinski definition) is 3. The summed E-state index contributed by atoms with van der Waals surface area (Å²) in [5, 5.41) is 0. The zero-order valence-corrected chi connectivity index (χ0v) is 13.1. The molecule has 0 aliphatic carbocycles. The first-order valence-corrected chi connectivity index (χ1v) is 7.72. The van der Waals surface area contributed by atoms with Crippen molar-refractivity contribution in [1.29, 1.82) is 0 Å². The summed E-state index contributed by atoms with van der Waals surface area (Å²) in [6.45, 7) is 11.4. The lowest BCUT2D eigenvalue weighted by Crippen LogP contribution is -2.44. The van der Waals surface area contributed by atoms with Gasteiger partial charge in [-0.1, -0.05) is 19.1 Å². The normalized spacial score (nSPS) is 23.8. The van der Waals surface area contributed by atoms with E-state index >= 15 is 0 Å². The molecule has 0 radical (unpaired) electrons. The van der Waals surface area contributed by atoms with E-state index in [4.69, 9.17) is 10.5 Å². The Hall–Kier alpha value is -1.06. The van der Waals surface area contributed by atoms with E-state index in [0.29, 0.717) is 5.92 Å². The van der Waals surface area contributed by atoms with Crippen molar-refractivity contribution in [3.8, 4) is 5.75 Å². The Morgan fingerprint density at radius 3 is 2.90 bits per heavy atom. The minimum absolute atomic E-state index is 0.643. The maximum absolute atomic E-state index is 5.94. The average Bonchev–Trinajstić information content (AvgIpc) is 2.44. The second-order valence-corrected chi connectivity index (χ2v) is 6.18. The molecular formula is C17H28N2O. The predicted molar refractivity (Wildman–Crippen MR) is 84.2 cm³/mol. The van der Waals surface area contributed by atoms with Gasteiger partial charge in [0, 0.05) is 13.1 Å². The molecule has 0 saturated carbocycles. The van der Waals surface area contributed by atoms with Crippen molar-refractivity contribution in [3.05, 3.63) is 29.3 Å². The van der Waals surface area contributed by atoms with E-state index < -0.39 is 0 Å². The quantitative estimate of drug-likeness (QED) is 0.898. The van der Waals surface area contributed by atoms with Crippen LogP contribution in [-0.4, -0.2) is 37.7 Å². The lowest BCUT2D eigenvalue weighted by Gasteiger charge is -2.36. The van der Waals surface area contributed by atoms with E-state index in [2.05, 4.69) is 43.9 Å². The van der Waals surface area contributed by atoms with E-state index in [1.165, 1.54) is 24.1 Å². The molecule has 0 amide bonds. The molecule has 0 spiro atoms. The van der Waals surface area contributed by atoms with E-state index in [1.54, 1.807) is 0 Å². The van der Waals surface area contributed by atoms with Crippen molar-refractivity contribution in [2.45, 2.75) is 27.2 Å². The Morgan fingerprint density at radius 1 is 1.35 bits per heavy atom. The second kappa shape index (κ2) is 7.09. The molecule has 1 aliphatic heterocycles. The molecule has 1 heterocycles. The van der Waals surface area contributed by atoms with Gasteiger partial charge in [-0.15, -0.1) is 0 Å². The van der Waals surface area contributed by atoms with Crippen molar-refractivity contribution >= 4 is 0 Å². The van der Waals surface area contributed by atoms with Gasteiger partial charge in [-0.2, -0.15) is 0 Å². The highest BCUT2D eigenvalue weighted by molar-refractivity contribution is 5.35. The summed E-state index contributed by atoms with van der Waals surface area (Å²) in [4.78, 5) is 2.49. The summed E-state index contributed by atoms with van der Waals surface area (Å²) in [5.41, 5.74) is 8.32. The Kier molecular flexibility index (Phi) is 5.44. The molecule has 20 heavy (non-hydrogen) atoms. The maximum atomic E-state index is 5.94. The number of benzene rings is 1. The fraction of sp³-hybridized carbons (Fsp3) is 0.647. The van der Waals surface area contributed by atoms with Gasteiger partial charge in [0.1, 0.15) is 12.4 Å². The second-order valence-electron chi connectivity index (χ2n) is 6.18. The van der Waals surface area contributed by atoms with Gasteiger partial charge in [-0.05, 0) is 62.4 Å². The molecule has 2 unspecified atom stereocenters. The van der Waals surface area contributed by atoms with Gasteiger partial charge in [0.25, 0.3) is 0 Å². The number of nitrogens with zero attached hydrogens (tertiary/aromatic N) is 1. The van der Waals surface area contributed by atoms with Crippen LogP contribution in [-0.2, 0) is 0 Å². The molecule has 112 valence electrons. The van der Waals surface area contributed by atoms with Gasteiger partial charge in [0.2, 0.25) is 0 Å². The molecule has 2 rings (SSSR count). The van der Waals surface area contributed by atoms with Crippen molar-refractivity contribution in [2.75, 3.05) is 32.8 Å². The molecule has 1 saturated heterocycles. The van der Waals surface area contributed by atoms with Crippen LogP contribution < -0.4 is 10.5 Å². The first-order chi connectivity index (χ1) is 9.60. The molecule has 2 N–H and O–H groups in total. The van der Waals surface area contributed by atoms with Gasteiger partial charge in [0.05, 0.1) is 0 Å². The van der Waals surface area contributed by atoms with Crippen LogP contribution in [0.1, 0.15) is 24.5 Å². The van der Waals surface area contributed by atoms with Crippen LogP contribution in [0.5, 0.6) is 5.75 Å². The SMILES string of the molecule is Cc1ccc(C)c(OCCN2CCC(C)C(CN)C2)c1. The monoisotopic (exact) mass is 276 g/mol. The summed E-state index contributed by atoms with van der Waals surface area (Å²) in [7, 11) is 0. The standard InChI is InChI=1S/C17H28N2O/c1-13-4-5-15(3)17(10-13)20-9-8-19-7-6-14(2)16(11-18)12-19/h4-5,10,14,16H,6-9,11-12,18H2,1-3H3. The van der Waals surface area contributed by atoms with Crippen LogP contribution in [0.25, 0.3) is 0 Å². The average molecular weight is 276 g/mol. The fourth-order valence-electron chi connectivity index (χ4n) is 2.88. The predicted octanol–water partition coefficient (Wildman–Crippen LogP) is 2.60. The first kappa shape index (κ1) is 15.3. The fourth-order valence-corrected chi connectivity index (χ4v) is 2.88. The largest absolute Gasteiger partial charge is 0.492 e. The molecule has 1 aromatic carbocycles. The molecule has 1 aliphatic rings. The molecule has 1 aromatic rings. The van der Waals surface area contributed by atoms with E-state index in [9.17, 15) is 0 Å². The summed E-state index contributed by atoms with van der Waals surface area (Å²) in [6, 6.07) is 6.37. The Balaban J connectivity index is 1.80. The summed E-state index contributed by atoms with van der Waals surface area (Å²) < 4.78 is 5.94. The van der Waals surface area contributed by atoms with Crippen molar-refractivity contribution in [3.63, 3.8) is 0 Å². The number of piperidine rings is 1. The molecule has 1 fully saturated rings. The van der Waals surface area contributed by atoms with E-state index in [-0.39, 0.29) is 0 Å². The Bertz CT molecular complexity index is 433. The topological polar surface area (TPSA) is 38.5 Å². The highest BCUT2D eigenvalue weighted by atomic mass is 16.5. The minimum atomic E-state index is 0.643. The number of likely N-dealkylation sites (tertiary alicyclic amines) is 1. The minimum Gasteiger partial charge on any atom is -0.492 e. The molecular weight excluding hydrogens is 248 g/mol. The number of aryl methyl sites for hydroxylation is 2.